The van der Waals surface area contributed by atoms with E-state index in [-0.39, 0.29) is 5.56 Å². The molecule has 2 N–H and O–H groups in total. The van der Waals surface area contributed by atoms with E-state index in [4.69, 9.17) is 0 Å². The molecular formula is C15H11N3OS2. The largest absolute Gasteiger partial charge is 0.378 e. The topological polar surface area (TPSA) is 57.8 Å². The molecule has 3 heterocycles. The molecule has 104 valence electrons. The maximum absolute atomic E-state index is 11.9. The van der Waals surface area contributed by atoms with Crippen LogP contribution in [0, 0.1) is 0 Å². The van der Waals surface area contributed by atoms with E-state index in [1.165, 1.54) is 21.4 Å². The van der Waals surface area contributed by atoms with Crippen molar-refractivity contribution >= 4 is 48.7 Å². The maximum atomic E-state index is 11.9. The molecule has 0 amide bonds. The van der Waals surface area contributed by atoms with Crippen molar-refractivity contribution in [2.45, 2.75) is 6.54 Å². The minimum absolute atomic E-state index is 0.0694. The first-order valence-electron chi connectivity index (χ1n) is 6.47. The molecule has 4 aromatic rings. The summed E-state index contributed by atoms with van der Waals surface area (Å²) in [5.41, 5.74) is 1.71. The fraction of sp³-hybridized carbons (Fsp3) is 0.0667. The normalized spacial score (nSPS) is 11.2. The van der Waals surface area contributed by atoms with Gasteiger partial charge in [0.2, 0.25) is 0 Å². The second-order valence-corrected chi connectivity index (χ2v) is 6.54. The second kappa shape index (κ2) is 4.98. The first kappa shape index (κ1) is 12.6. The Labute approximate surface area is 128 Å². The zero-order valence-corrected chi connectivity index (χ0v) is 12.6. The lowest BCUT2D eigenvalue weighted by molar-refractivity contribution is 0.956. The third-order valence-corrected chi connectivity index (χ3v) is 5.08. The van der Waals surface area contributed by atoms with Crippen molar-refractivity contribution in [3.05, 3.63) is 57.3 Å². The van der Waals surface area contributed by atoms with Crippen LogP contribution >= 0.6 is 22.7 Å². The lowest BCUT2D eigenvalue weighted by Crippen LogP contribution is -2.13. The number of benzene rings is 1. The summed E-state index contributed by atoms with van der Waals surface area (Å²) in [4.78, 5) is 19.2. The molecule has 0 saturated heterocycles. The van der Waals surface area contributed by atoms with Gasteiger partial charge in [-0.2, -0.15) is 0 Å². The van der Waals surface area contributed by atoms with Gasteiger partial charge in [0.05, 0.1) is 12.1 Å². The average Bonchev–Trinajstić information content (AvgIpc) is 3.13. The van der Waals surface area contributed by atoms with E-state index in [2.05, 4.69) is 38.9 Å². The minimum atomic E-state index is -0.0694. The zero-order chi connectivity index (χ0) is 14.2. The van der Waals surface area contributed by atoms with Gasteiger partial charge in [-0.3, -0.25) is 4.79 Å². The van der Waals surface area contributed by atoms with Crippen molar-refractivity contribution in [1.29, 1.82) is 0 Å². The van der Waals surface area contributed by atoms with Crippen LogP contribution in [0.3, 0.4) is 0 Å². The molecule has 6 heteroatoms. The van der Waals surface area contributed by atoms with Crippen LogP contribution in [-0.4, -0.2) is 9.97 Å². The Bertz CT molecular complexity index is 983. The van der Waals surface area contributed by atoms with Crippen LogP contribution in [0.25, 0.3) is 20.3 Å². The van der Waals surface area contributed by atoms with Gasteiger partial charge in [0, 0.05) is 10.4 Å². The molecule has 4 rings (SSSR count). The van der Waals surface area contributed by atoms with Gasteiger partial charge >= 0.3 is 0 Å². The first-order valence-corrected chi connectivity index (χ1v) is 8.23. The Morgan fingerprint density at radius 1 is 1.14 bits per heavy atom. The monoisotopic (exact) mass is 313 g/mol. The number of hydrogen-bond donors (Lipinski definition) is 2. The number of rotatable bonds is 3. The highest BCUT2D eigenvalue weighted by Crippen LogP contribution is 2.24. The summed E-state index contributed by atoms with van der Waals surface area (Å²) in [7, 11) is 0. The molecule has 0 aliphatic rings. The SMILES string of the molecule is O=c1[nH]c(CNc2ccc3sccc3c2)nc2ccsc12. The summed E-state index contributed by atoms with van der Waals surface area (Å²) in [6, 6.07) is 10.2. The summed E-state index contributed by atoms with van der Waals surface area (Å²) in [5.74, 6) is 0.649. The van der Waals surface area contributed by atoms with Gasteiger partial charge in [0.25, 0.3) is 5.56 Å². The number of nitrogens with zero attached hydrogens (tertiary/aromatic N) is 1. The van der Waals surface area contributed by atoms with Crippen LogP contribution in [0.2, 0.25) is 0 Å². The molecule has 0 bridgehead atoms. The quantitative estimate of drug-likeness (QED) is 0.604. The van der Waals surface area contributed by atoms with Gasteiger partial charge in [0.15, 0.2) is 0 Å². The van der Waals surface area contributed by atoms with Crippen LogP contribution in [-0.2, 0) is 6.54 Å². The van der Waals surface area contributed by atoms with E-state index in [1.54, 1.807) is 11.3 Å². The fourth-order valence-corrected chi connectivity index (χ4v) is 3.76. The zero-order valence-electron chi connectivity index (χ0n) is 10.9. The molecule has 3 aromatic heterocycles. The summed E-state index contributed by atoms with van der Waals surface area (Å²) >= 11 is 3.14. The number of thiophene rings is 2. The number of hydrogen-bond acceptors (Lipinski definition) is 5. The number of H-pyrrole nitrogens is 1. The lowest BCUT2D eigenvalue weighted by atomic mass is 10.2. The third-order valence-electron chi connectivity index (χ3n) is 3.28. The van der Waals surface area contributed by atoms with Crippen molar-refractivity contribution in [3.8, 4) is 0 Å². The average molecular weight is 313 g/mol. The van der Waals surface area contributed by atoms with Gasteiger partial charge in [-0.05, 0) is 46.5 Å². The molecule has 0 spiro atoms. The van der Waals surface area contributed by atoms with E-state index >= 15 is 0 Å². The Kier molecular flexibility index (Phi) is 2.98. The molecule has 21 heavy (non-hydrogen) atoms. The molecule has 0 aliphatic heterocycles. The highest BCUT2D eigenvalue weighted by atomic mass is 32.1. The van der Waals surface area contributed by atoms with E-state index in [9.17, 15) is 4.79 Å². The third kappa shape index (κ3) is 2.32. The minimum Gasteiger partial charge on any atom is -0.378 e. The number of nitrogens with one attached hydrogen (secondary N) is 2. The Balaban J connectivity index is 1.60. The standard InChI is InChI=1S/C15H11N3OS2/c19-15-14-11(4-6-21-14)17-13(18-15)8-16-10-1-2-12-9(7-10)3-5-20-12/h1-7,16H,8H2,(H,17,18,19). The maximum Gasteiger partial charge on any atom is 0.268 e. The molecule has 0 unspecified atom stereocenters. The Morgan fingerprint density at radius 2 is 2.05 bits per heavy atom. The smallest absolute Gasteiger partial charge is 0.268 e. The molecule has 4 nitrogen and oxygen atoms in total. The summed E-state index contributed by atoms with van der Waals surface area (Å²) in [5, 5.41) is 8.49. The van der Waals surface area contributed by atoms with Crippen molar-refractivity contribution in [1.82, 2.24) is 9.97 Å². The Morgan fingerprint density at radius 3 is 3.00 bits per heavy atom. The van der Waals surface area contributed by atoms with Crippen molar-refractivity contribution in [2.24, 2.45) is 0 Å². The van der Waals surface area contributed by atoms with Crippen molar-refractivity contribution in [3.63, 3.8) is 0 Å². The molecular weight excluding hydrogens is 302 g/mol. The van der Waals surface area contributed by atoms with Crippen LogP contribution in [0.4, 0.5) is 5.69 Å². The van der Waals surface area contributed by atoms with Gasteiger partial charge in [-0.15, -0.1) is 22.7 Å². The number of fused-ring (bicyclic) bond motifs is 2. The first-order chi connectivity index (χ1) is 10.3. The summed E-state index contributed by atoms with van der Waals surface area (Å²) in [6.07, 6.45) is 0. The van der Waals surface area contributed by atoms with Crippen molar-refractivity contribution in [2.75, 3.05) is 5.32 Å². The summed E-state index contributed by atoms with van der Waals surface area (Å²) in [6.45, 7) is 0.497. The highest BCUT2D eigenvalue weighted by molar-refractivity contribution is 7.17. The lowest BCUT2D eigenvalue weighted by Gasteiger charge is -2.06. The molecule has 0 saturated carbocycles. The predicted octanol–water partition coefficient (Wildman–Crippen LogP) is 3.81. The van der Waals surface area contributed by atoms with E-state index in [0.29, 0.717) is 17.1 Å². The highest BCUT2D eigenvalue weighted by Gasteiger charge is 2.05. The molecule has 0 fully saturated rings. The number of aromatic nitrogens is 2. The van der Waals surface area contributed by atoms with Gasteiger partial charge in [-0.1, -0.05) is 0 Å². The summed E-state index contributed by atoms with van der Waals surface area (Å²) < 4.78 is 1.95. The van der Waals surface area contributed by atoms with E-state index < -0.39 is 0 Å². The Hall–Kier alpha value is -2.18. The van der Waals surface area contributed by atoms with Crippen LogP contribution in [0.1, 0.15) is 5.82 Å². The van der Waals surface area contributed by atoms with E-state index in [0.717, 1.165) is 11.2 Å². The molecule has 0 radical (unpaired) electrons. The van der Waals surface area contributed by atoms with Gasteiger partial charge in [-0.25, -0.2) is 4.98 Å². The van der Waals surface area contributed by atoms with E-state index in [1.807, 2.05) is 17.5 Å². The predicted molar refractivity (Wildman–Crippen MR) is 89.4 cm³/mol. The number of anilines is 1. The fourth-order valence-electron chi connectivity index (χ4n) is 2.27. The molecule has 1 aromatic carbocycles. The van der Waals surface area contributed by atoms with Crippen LogP contribution in [0.5, 0.6) is 0 Å². The molecule has 0 aliphatic carbocycles. The van der Waals surface area contributed by atoms with Gasteiger partial charge < -0.3 is 10.3 Å². The van der Waals surface area contributed by atoms with Crippen molar-refractivity contribution < 1.29 is 0 Å². The second-order valence-electron chi connectivity index (χ2n) is 4.67. The van der Waals surface area contributed by atoms with Gasteiger partial charge in [0.1, 0.15) is 10.5 Å². The van der Waals surface area contributed by atoms with Crippen LogP contribution in [0.15, 0.2) is 45.9 Å². The molecule has 0 atom stereocenters. The van der Waals surface area contributed by atoms with Crippen LogP contribution < -0.4 is 10.9 Å². The number of aromatic amines is 1.